The second kappa shape index (κ2) is 15.7. The summed E-state index contributed by atoms with van der Waals surface area (Å²) in [7, 11) is 0. The van der Waals surface area contributed by atoms with Gasteiger partial charge in [0, 0.05) is 42.3 Å². The summed E-state index contributed by atoms with van der Waals surface area (Å²) in [6.07, 6.45) is -2.32. The maximum atomic E-state index is 16.6. The van der Waals surface area contributed by atoms with Crippen molar-refractivity contribution in [3.63, 3.8) is 0 Å². The third-order valence-corrected chi connectivity index (χ3v) is 8.28. The molecule has 2 unspecified atom stereocenters. The van der Waals surface area contributed by atoms with Crippen LogP contribution in [0.15, 0.2) is 53.7 Å². The number of hydrogen-bond donors (Lipinski definition) is 2. The minimum Gasteiger partial charge on any atom is -0.481 e. The summed E-state index contributed by atoms with van der Waals surface area (Å²) in [4.78, 5) is 39.4. The van der Waals surface area contributed by atoms with Crippen LogP contribution in [-0.4, -0.2) is 31.3 Å². The van der Waals surface area contributed by atoms with Crippen LogP contribution in [0.1, 0.15) is 79.1 Å². The molecule has 2 aromatic carbocycles. The van der Waals surface area contributed by atoms with Crippen LogP contribution in [0.25, 0.3) is 11.1 Å². The van der Waals surface area contributed by atoms with Crippen LogP contribution >= 0.6 is 0 Å². The molecule has 0 fully saturated rings. The van der Waals surface area contributed by atoms with E-state index in [4.69, 9.17) is 0 Å². The molecule has 14 heteroatoms. The van der Waals surface area contributed by atoms with Gasteiger partial charge in [-0.3, -0.25) is 19.1 Å². The third-order valence-electron chi connectivity index (χ3n) is 8.28. The lowest BCUT2D eigenvalue weighted by Crippen LogP contribution is -2.41. The topological polar surface area (TPSA) is 106 Å². The molecular formula is C37H36F6N4O4. The van der Waals surface area contributed by atoms with Crippen molar-refractivity contribution in [2.24, 2.45) is 5.92 Å². The molecule has 1 amide bonds. The van der Waals surface area contributed by atoms with E-state index in [1.807, 2.05) is 0 Å². The molecule has 0 aliphatic carbocycles. The molecule has 0 aliphatic rings. The smallest absolute Gasteiger partial charge is 0.416 e. The SMILES string of the molecule is CC#Cc1cc(-c2c(C)cc(F)cc2C)c(F)c(C(CC(=O)O)NC(=O)C(CC(C)C)n2cc(CCn3cccn3)c(C(F)(F)F)cc2=O)c1F. The van der Waals surface area contributed by atoms with Gasteiger partial charge in [-0.25, -0.2) is 13.2 Å². The highest BCUT2D eigenvalue weighted by atomic mass is 19.4. The van der Waals surface area contributed by atoms with Gasteiger partial charge in [0.15, 0.2) is 0 Å². The van der Waals surface area contributed by atoms with Gasteiger partial charge < -0.3 is 15.0 Å². The lowest BCUT2D eigenvalue weighted by atomic mass is 9.89. The molecule has 2 aromatic heterocycles. The van der Waals surface area contributed by atoms with E-state index in [1.54, 1.807) is 26.1 Å². The minimum atomic E-state index is -4.90. The predicted molar refractivity (Wildman–Crippen MR) is 177 cm³/mol. The maximum absolute atomic E-state index is 16.6. The van der Waals surface area contributed by atoms with E-state index in [0.717, 1.165) is 29.0 Å². The lowest BCUT2D eigenvalue weighted by molar-refractivity contribution is -0.139. The number of aliphatic carboxylic acids is 1. The molecular weight excluding hydrogens is 678 g/mol. The third kappa shape index (κ3) is 8.89. The molecule has 4 rings (SSSR count). The maximum Gasteiger partial charge on any atom is 0.416 e. The zero-order chi connectivity index (χ0) is 37.8. The molecule has 0 spiro atoms. The first-order chi connectivity index (χ1) is 23.9. The fourth-order valence-corrected chi connectivity index (χ4v) is 6.13. The summed E-state index contributed by atoms with van der Waals surface area (Å²) >= 11 is 0. The Kier molecular flexibility index (Phi) is 11.8. The standard InChI is InChI=1S/C37H36F6N4O4/c1-6-8-23-16-26(32-21(4)14-25(38)15-22(32)5)35(40)33(34(23)39)28(18-31(49)50)45-36(51)29(13-20(2)3)47-19-24(9-12-46-11-7-10-44-46)27(17-30(47)48)37(41,42)43/h7,10-11,14-17,19-20,28-29H,9,12-13,18H2,1-5H3,(H,45,51)(H,49,50). The number of amides is 1. The van der Waals surface area contributed by atoms with Crippen LogP contribution < -0.4 is 10.9 Å². The number of carbonyl (C=O) groups excluding carboxylic acids is 1. The van der Waals surface area contributed by atoms with Crippen molar-refractivity contribution in [2.75, 3.05) is 0 Å². The van der Waals surface area contributed by atoms with E-state index < -0.39 is 70.7 Å². The summed E-state index contributed by atoms with van der Waals surface area (Å²) in [5, 5.41) is 16.2. The number of nitrogens with one attached hydrogen (secondary N) is 1. The molecule has 0 saturated carbocycles. The zero-order valence-corrected chi connectivity index (χ0v) is 28.5. The largest absolute Gasteiger partial charge is 0.481 e. The highest BCUT2D eigenvalue weighted by molar-refractivity contribution is 5.82. The number of pyridine rings is 1. The van der Waals surface area contributed by atoms with Crippen LogP contribution in [0.4, 0.5) is 26.3 Å². The number of benzene rings is 2. The average molecular weight is 715 g/mol. The first kappa shape index (κ1) is 38.5. The average Bonchev–Trinajstić information content (AvgIpc) is 3.54. The number of hydrogen-bond acceptors (Lipinski definition) is 4. The van der Waals surface area contributed by atoms with Crippen molar-refractivity contribution in [2.45, 2.75) is 78.7 Å². The summed E-state index contributed by atoms with van der Waals surface area (Å²) in [5.41, 5.74) is -3.26. The Hall–Kier alpha value is -5.32. The van der Waals surface area contributed by atoms with Gasteiger partial charge in [0.1, 0.15) is 23.5 Å². The molecule has 0 bridgehead atoms. The van der Waals surface area contributed by atoms with Crippen LogP contribution in [0.3, 0.4) is 0 Å². The summed E-state index contributed by atoms with van der Waals surface area (Å²) in [6, 6.07) is 2.01. The molecule has 4 aromatic rings. The number of carboxylic acid groups (broad SMARTS) is 1. The molecule has 51 heavy (non-hydrogen) atoms. The fourth-order valence-electron chi connectivity index (χ4n) is 6.13. The number of aromatic nitrogens is 3. The van der Waals surface area contributed by atoms with E-state index in [-0.39, 0.29) is 47.6 Å². The van der Waals surface area contributed by atoms with Gasteiger partial charge in [-0.05, 0) is 86.1 Å². The van der Waals surface area contributed by atoms with Crippen LogP contribution in [-0.2, 0) is 28.7 Å². The molecule has 0 radical (unpaired) electrons. The highest BCUT2D eigenvalue weighted by Gasteiger charge is 2.36. The van der Waals surface area contributed by atoms with Crippen molar-refractivity contribution in [3.05, 3.63) is 110 Å². The van der Waals surface area contributed by atoms with E-state index >= 15 is 8.78 Å². The van der Waals surface area contributed by atoms with E-state index in [2.05, 4.69) is 22.3 Å². The Morgan fingerprint density at radius 2 is 1.71 bits per heavy atom. The van der Waals surface area contributed by atoms with Gasteiger partial charge in [0.2, 0.25) is 5.91 Å². The Labute approximate surface area is 290 Å². The Morgan fingerprint density at radius 3 is 2.25 bits per heavy atom. The summed E-state index contributed by atoms with van der Waals surface area (Å²) < 4.78 is 91.2. The van der Waals surface area contributed by atoms with Crippen molar-refractivity contribution < 1.29 is 41.0 Å². The molecule has 2 atom stereocenters. The Balaban J connectivity index is 1.87. The molecule has 8 nitrogen and oxygen atoms in total. The van der Waals surface area contributed by atoms with E-state index in [0.29, 0.717) is 17.2 Å². The molecule has 270 valence electrons. The Morgan fingerprint density at radius 1 is 1.04 bits per heavy atom. The second-order valence-electron chi connectivity index (χ2n) is 12.6. The quantitative estimate of drug-likeness (QED) is 0.118. The molecule has 0 aliphatic heterocycles. The van der Waals surface area contributed by atoms with Gasteiger partial charge in [-0.1, -0.05) is 19.8 Å². The lowest BCUT2D eigenvalue weighted by Gasteiger charge is -2.27. The number of rotatable bonds is 12. The number of carboxylic acids is 1. The number of carbonyl (C=O) groups is 2. The van der Waals surface area contributed by atoms with Crippen molar-refractivity contribution in [1.82, 2.24) is 19.7 Å². The molecule has 2 N–H and O–H groups in total. The first-order valence-electron chi connectivity index (χ1n) is 16.0. The normalized spacial score (nSPS) is 12.7. The first-order valence-corrected chi connectivity index (χ1v) is 16.0. The second-order valence-corrected chi connectivity index (χ2v) is 12.6. The van der Waals surface area contributed by atoms with Crippen LogP contribution in [0.5, 0.6) is 0 Å². The number of nitrogens with zero attached hydrogens (tertiary/aromatic N) is 3. The summed E-state index contributed by atoms with van der Waals surface area (Å²) in [6.45, 7) is 7.81. The van der Waals surface area contributed by atoms with E-state index in [9.17, 15) is 37.1 Å². The number of alkyl halides is 3. The van der Waals surface area contributed by atoms with Crippen molar-refractivity contribution in [1.29, 1.82) is 0 Å². The highest BCUT2D eigenvalue weighted by Crippen LogP contribution is 2.38. The van der Waals surface area contributed by atoms with E-state index in [1.165, 1.54) is 31.6 Å². The number of halogens is 6. The fraction of sp³-hybridized carbons (Fsp3) is 0.351. The zero-order valence-electron chi connectivity index (χ0n) is 28.5. The molecule has 0 saturated heterocycles. The minimum absolute atomic E-state index is 0.0148. The van der Waals surface area contributed by atoms with Gasteiger partial charge in [-0.15, -0.1) is 5.92 Å². The monoisotopic (exact) mass is 714 g/mol. The van der Waals surface area contributed by atoms with Crippen molar-refractivity contribution >= 4 is 11.9 Å². The summed E-state index contributed by atoms with van der Waals surface area (Å²) in [5.74, 6) is -0.966. The molecule has 2 heterocycles. The van der Waals surface area contributed by atoms with Crippen LogP contribution in [0, 0.1) is 49.1 Å². The van der Waals surface area contributed by atoms with Gasteiger partial charge in [0.05, 0.1) is 23.6 Å². The van der Waals surface area contributed by atoms with Crippen LogP contribution in [0.2, 0.25) is 0 Å². The van der Waals surface area contributed by atoms with Crippen molar-refractivity contribution in [3.8, 4) is 23.0 Å². The van der Waals surface area contributed by atoms with Gasteiger partial charge in [-0.2, -0.15) is 18.3 Å². The van der Waals surface area contributed by atoms with Gasteiger partial charge in [0.25, 0.3) is 5.56 Å². The Bertz CT molecular complexity index is 2040. The number of aryl methyl sites for hydroxylation is 4. The predicted octanol–water partition coefficient (Wildman–Crippen LogP) is 7.30. The van der Waals surface area contributed by atoms with Gasteiger partial charge >= 0.3 is 12.1 Å².